The van der Waals surface area contributed by atoms with E-state index >= 15 is 0 Å². The minimum absolute atomic E-state index is 0.0373. The summed E-state index contributed by atoms with van der Waals surface area (Å²) in [5, 5.41) is 3.40. The van der Waals surface area contributed by atoms with Gasteiger partial charge in [0, 0.05) is 18.8 Å². The molecule has 0 amide bonds. The Morgan fingerprint density at radius 1 is 0.760 bits per heavy atom. The molecule has 3 aromatic rings. The van der Waals surface area contributed by atoms with Crippen molar-refractivity contribution in [1.29, 1.82) is 0 Å². The standard InChI is InChI=1S/C22H24BNO/c1-2-19-13-15-21(16-14-19)23(20-9-5-3-6-10-20)25-18-17-24-22-11-7-4-8-12-22/h3-16,24H,2,17-18H2,1H3. The Labute approximate surface area is 151 Å². The third-order valence-corrected chi connectivity index (χ3v) is 4.28. The van der Waals surface area contributed by atoms with Gasteiger partial charge in [0.25, 0.3) is 0 Å². The molecular formula is C22H24BNO. The second-order valence-electron chi connectivity index (χ2n) is 6.05. The maximum atomic E-state index is 6.25. The van der Waals surface area contributed by atoms with Gasteiger partial charge >= 0.3 is 6.92 Å². The molecule has 0 aliphatic carbocycles. The van der Waals surface area contributed by atoms with Crippen molar-refractivity contribution in [2.24, 2.45) is 0 Å². The summed E-state index contributed by atoms with van der Waals surface area (Å²) in [7, 11) is 0. The van der Waals surface area contributed by atoms with Gasteiger partial charge in [0.2, 0.25) is 0 Å². The predicted octanol–water partition coefficient (Wildman–Crippen LogP) is 3.48. The van der Waals surface area contributed by atoms with Crippen LogP contribution in [0.4, 0.5) is 5.69 Å². The van der Waals surface area contributed by atoms with Gasteiger partial charge in [0.1, 0.15) is 0 Å². The van der Waals surface area contributed by atoms with Crippen molar-refractivity contribution in [1.82, 2.24) is 0 Å². The third kappa shape index (κ3) is 4.98. The molecular weight excluding hydrogens is 305 g/mol. The van der Waals surface area contributed by atoms with Crippen LogP contribution in [0.25, 0.3) is 0 Å². The highest BCUT2D eigenvalue weighted by Crippen LogP contribution is 2.04. The maximum absolute atomic E-state index is 6.25. The maximum Gasteiger partial charge on any atom is 0.361 e. The van der Waals surface area contributed by atoms with Crippen LogP contribution in [-0.4, -0.2) is 20.1 Å². The Bertz CT molecular complexity index is 744. The number of aryl methyl sites for hydroxylation is 1. The van der Waals surface area contributed by atoms with Gasteiger partial charge in [0.15, 0.2) is 0 Å². The lowest BCUT2D eigenvalue weighted by atomic mass is 9.55. The summed E-state index contributed by atoms with van der Waals surface area (Å²) in [6.45, 7) is 3.56. The number of nitrogens with one attached hydrogen (secondary N) is 1. The van der Waals surface area contributed by atoms with Crippen molar-refractivity contribution in [3.63, 3.8) is 0 Å². The highest BCUT2D eigenvalue weighted by atomic mass is 16.4. The first-order chi connectivity index (χ1) is 12.4. The molecule has 0 bridgehead atoms. The SMILES string of the molecule is CCc1ccc(B(OCCNc2ccccc2)c2ccccc2)cc1. The Kier molecular flexibility index (Phi) is 6.30. The van der Waals surface area contributed by atoms with Crippen LogP contribution in [0.15, 0.2) is 84.9 Å². The molecule has 1 N–H and O–H groups in total. The van der Waals surface area contributed by atoms with E-state index in [1.54, 1.807) is 0 Å². The van der Waals surface area contributed by atoms with E-state index in [2.05, 4.69) is 72.9 Å². The monoisotopic (exact) mass is 329 g/mol. The van der Waals surface area contributed by atoms with Gasteiger partial charge in [-0.2, -0.15) is 0 Å². The quantitative estimate of drug-likeness (QED) is 0.505. The molecule has 2 nitrogen and oxygen atoms in total. The molecule has 0 aromatic heterocycles. The van der Waals surface area contributed by atoms with E-state index in [-0.39, 0.29) is 6.92 Å². The first-order valence-electron chi connectivity index (χ1n) is 8.91. The van der Waals surface area contributed by atoms with E-state index in [0.717, 1.165) is 18.7 Å². The fourth-order valence-electron chi connectivity index (χ4n) is 2.87. The van der Waals surface area contributed by atoms with E-state index in [0.29, 0.717) is 6.61 Å². The van der Waals surface area contributed by atoms with Gasteiger partial charge in [-0.1, -0.05) is 79.7 Å². The molecule has 3 rings (SSSR count). The third-order valence-electron chi connectivity index (χ3n) is 4.28. The van der Waals surface area contributed by atoms with Gasteiger partial charge in [0.05, 0.1) is 0 Å². The van der Waals surface area contributed by atoms with Crippen molar-refractivity contribution >= 4 is 23.5 Å². The molecule has 0 aliphatic rings. The van der Waals surface area contributed by atoms with Crippen LogP contribution in [-0.2, 0) is 11.1 Å². The Hall–Kier alpha value is -2.52. The second-order valence-corrected chi connectivity index (χ2v) is 6.05. The average molecular weight is 329 g/mol. The van der Waals surface area contributed by atoms with Gasteiger partial charge in [-0.3, -0.25) is 0 Å². The molecule has 0 heterocycles. The Morgan fingerprint density at radius 2 is 1.36 bits per heavy atom. The zero-order valence-corrected chi connectivity index (χ0v) is 14.7. The fraction of sp³-hybridized carbons (Fsp3) is 0.182. The number of anilines is 1. The smallest absolute Gasteiger partial charge is 0.361 e. The summed E-state index contributed by atoms with van der Waals surface area (Å²) in [5.74, 6) is 0. The summed E-state index contributed by atoms with van der Waals surface area (Å²) < 4.78 is 6.25. The minimum atomic E-state index is -0.0373. The summed E-state index contributed by atoms with van der Waals surface area (Å²) in [5.41, 5.74) is 4.85. The minimum Gasteiger partial charge on any atom is -0.425 e. The number of rotatable bonds is 8. The van der Waals surface area contributed by atoms with Gasteiger partial charge in [-0.25, -0.2) is 0 Å². The molecule has 0 fully saturated rings. The second kappa shape index (κ2) is 9.09. The lowest BCUT2D eigenvalue weighted by Gasteiger charge is -2.16. The van der Waals surface area contributed by atoms with E-state index in [9.17, 15) is 0 Å². The van der Waals surface area contributed by atoms with E-state index in [1.165, 1.54) is 16.5 Å². The topological polar surface area (TPSA) is 21.3 Å². The van der Waals surface area contributed by atoms with Crippen molar-refractivity contribution in [3.05, 3.63) is 90.5 Å². The Balaban J connectivity index is 1.66. The highest BCUT2D eigenvalue weighted by molar-refractivity contribution is 6.80. The zero-order valence-electron chi connectivity index (χ0n) is 14.7. The van der Waals surface area contributed by atoms with Crippen molar-refractivity contribution in [2.45, 2.75) is 13.3 Å². The molecule has 126 valence electrons. The van der Waals surface area contributed by atoms with Gasteiger partial charge in [-0.15, -0.1) is 0 Å². The Morgan fingerprint density at radius 3 is 2.00 bits per heavy atom. The molecule has 0 aliphatic heterocycles. The fourth-order valence-corrected chi connectivity index (χ4v) is 2.87. The van der Waals surface area contributed by atoms with Crippen LogP contribution in [0.3, 0.4) is 0 Å². The number of hydrogen-bond donors (Lipinski definition) is 1. The predicted molar refractivity (Wildman–Crippen MR) is 108 cm³/mol. The van der Waals surface area contributed by atoms with E-state index in [4.69, 9.17) is 4.65 Å². The lowest BCUT2D eigenvalue weighted by molar-refractivity contribution is 0.350. The molecule has 0 spiro atoms. The largest absolute Gasteiger partial charge is 0.425 e. The number of benzene rings is 3. The average Bonchev–Trinajstić information content (AvgIpc) is 2.70. The van der Waals surface area contributed by atoms with Crippen LogP contribution in [0.2, 0.25) is 0 Å². The van der Waals surface area contributed by atoms with Crippen LogP contribution in [0.5, 0.6) is 0 Å². The van der Waals surface area contributed by atoms with Gasteiger partial charge < -0.3 is 9.97 Å². The normalized spacial score (nSPS) is 10.4. The van der Waals surface area contributed by atoms with Crippen LogP contribution < -0.4 is 16.2 Å². The molecule has 0 unspecified atom stereocenters. The molecule has 3 heteroatoms. The van der Waals surface area contributed by atoms with Crippen LogP contribution in [0, 0.1) is 0 Å². The molecule has 0 atom stereocenters. The molecule has 0 radical (unpaired) electrons. The lowest BCUT2D eigenvalue weighted by Crippen LogP contribution is -2.45. The van der Waals surface area contributed by atoms with Crippen LogP contribution in [0.1, 0.15) is 12.5 Å². The van der Waals surface area contributed by atoms with Crippen molar-refractivity contribution < 1.29 is 4.65 Å². The first kappa shape index (κ1) is 17.3. The zero-order chi connectivity index (χ0) is 17.3. The summed E-state index contributed by atoms with van der Waals surface area (Å²) in [4.78, 5) is 0. The molecule has 25 heavy (non-hydrogen) atoms. The highest BCUT2D eigenvalue weighted by Gasteiger charge is 2.20. The molecule has 3 aromatic carbocycles. The summed E-state index contributed by atoms with van der Waals surface area (Å²) >= 11 is 0. The van der Waals surface area contributed by atoms with Crippen molar-refractivity contribution in [2.75, 3.05) is 18.5 Å². The van der Waals surface area contributed by atoms with Crippen LogP contribution >= 0.6 is 0 Å². The van der Waals surface area contributed by atoms with E-state index in [1.807, 2.05) is 24.3 Å². The first-order valence-corrected chi connectivity index (χ1v) is 8.91. The molecule has 0 saturated heterocycles. The number of hydrogen-bond acceptors (Lipinski definition) is 2. The van der Waals surface area contributed by atoms with Gasteiger partial charge in [-0.05, 0) is 35.0 Å². The van der Waals surface area contributed by atoms with Crippen molar-refractivity contribution in [3.8, 4) is 0 Å². The summed E-state index contributed by atoms with van der Waals surface area (Å²) in [6.07, 6.45) is 1.05. The summed E-state index contributed by atoms with van der Waals surface area (Å²) in [6, 6.07) is 29.4. The number of para-hydroxylation sites is 1. The van der Waals surface area contributed by atoms with E-state index < -0.39 is 0 Å². The molecule has 0 saturated carbocycles.